The molecule has 0 bridgehead atoms. The Morgan fingerprint density at radius 2 is 1.75 bits per heavy atom. The van der Waals surface area contributed by atoms with Crippen molar-refractivity contribution < 1.29 is 17.9 Å². The number of benzene rings is 2. The fourth-order valence-electron chi connectivity index (χ4n) is 2.82. The van der Waals surface area contributed by atoms with Crippen molar-refractivity contribution in [2.45, 2.75) is 24.0 Å². The summed E-state index contributed by atoms with van der Waals surface area (Å²) in [7, 11) is -2.03. The van der Waals surface area contributed by atoms with Gasteiger partial charge in [0.25, 0.3) is 0 Å². The first kappa shape index (κ1) is 17.0. The van der Waals surface area contributed by atoms with Crippen molar-refractivity contribution in [2.75, 3.05) is 20.3 Å². The molecule has 0 aliphatic carbocycles. The monoisotopic (exact) mass is 347 g/mol. The molecule has 2 aromatic rings. The van der Waals surface area contributed by atoms with Crippen LogP contribution >= 0.6 is 0 Å². The number of hydrogen-bond donors (Lipinski definition) is 0. The minimum atomic E-state index is -3.58. The maximum Gasteiger partial charge on any atom is 0.243 e. The van der Waals surface area contributed by atoms with Crippen LogP contribution in [0.5, 0.6) is 5.75 Å². The normalized spacial score (nSPS) is 22.2. The molecule has 0 N–H and O–H groups in total. The average Bonchev–Trinajstić information content (AvgIpc) is 2.62. The Morgan fingerprint density at radius 1 is 1.08 bits per heavy atom. The molecule has 1 heterocycles. The molecule has 0 spiro atoms. The van der Waals surface area contributed by atoms with Crippen LogP contribution in [0.25, 0.3) is 0 Å². The van der Waals surface area contributed by atoms with Crippen LogP contribution in [0.15, 0.2) is 59.5 Å². The van der Waals surface area contributed by atoms with Crippen molar-refractivity contribution in [1.29, 1.82) is 0 Å². The number of rotatable bonds is 4. The predicted molar refractivity (Wildman–Crippen MR) is 91.5 cm³/mol. The topological polar surface area (TPSA) is 55.8 Å². The first-order valence-corrected chi connectivity index (χ1v) is 9.29. The molecule has 0 amide bonds. The fourth-order valence-corrected chi connectivity index (χ4v) is 4.44. The van der Waals surface area contributed by atoms with Gasteiger partial charge in [-0.15, -0.1) is 0 Å². The molecule has 2 unspecified atom stereocenters. The molecule has 0 radical (unpaired) electrons. The molecule has 6 heteroatoms. The van der Waals surface area contributed by atoms with Crippen LogP contribution in [0.2, 0.25) is 0 Å². The number of hydrogen-bond acceptors (Lipinski definition) is 4. The van der Waals surface area contributed by atoms with E-state index >= 15 is 0 Å². The minimum absolute atomic E-state index is 0.211. The summed E-state index contributed by atoms with van der Waals surface area (Å²) in [5, 5.41) is 0. The van der Waals surface area contributed by atoms with Gasteiger partial charge in [-0.3, -0.25) is 0 Å². The number of methoxy groups -OCH3 is 1. The van der Waals surface area contributed by atoms with E-state index in [4.69, 9.17) is 9.47 Å². The Morgan fingerprint density at radius 3 is 2.38 bits per heavy atom. The second kappa shape index (κ2) is 6.93. The highest BCUT2D eigenvalue weighted by molar-refractivity contribution is 7.89. The van der Waals surface area contributed by atoms with Gasteiger partial charge in [0.05, 0.1) is 24.7 Å². The zero-order chi connectivity index (χ0) is 17.2. The highest BCUT2D eigenvalue weighted by atomic mass is 32.2. The quantitative estimate of drug-likeness (QED) is 0.853. The van der Waals surface area contributed by atoms with E-state index in [2.05, 4.69) is 0 Å². The van der Waals surface area contributed by atoms with Crippen molar-refractivity contribution in [3.05, 3.63) is 60.2 Å². The Bertz CT molecular complexity index is 774. The number of morpholine rings is 1. The van der Waals surface area contributed by atoms with E-state index in [-0.39, 0.29) is 17.0 Å². The molecule has 0 saturated carbocycles. The molecule has 1 aliphatic rings. The van der Waals surface area contributed by atoms with E-state index in [1.54, 1.807) is 31.4 Å². The number of sulfonamides is 1. The Labute approximate surface area is 142 Å². The van der Waals surface area contributed by atoms with Gasteiger partial charge in [0.1, 0.15) is 5.75 Å². The summed E-state index contributed by atoms with van der Waals surface area (Å²) in [5.74, 6) is 0.631. The van der Waals surface area contributed by atoms with Crippen LogP contribution in [-0.2, 0) is 14.8 Å². The van der Waals surface area contributed by atoms with Gasteiger partial charge >= 0.3 is 0 Å². The van der Waals surface area contributed by atoms with Gasteiger partial charge in [-0.05, 0) is 36.8 Å². The molecule has 128 valence electrons. The third-order valence-electron chi connectivity index (χ3n) is 4.21. The molecule has 3 rings (SSSR count). The van der Waals surface area contributed by atoms with Crippen molar-refractivity contribution in [3.63, 3.8) is 0 Å². The van der Waals surface area contributed by atoms with Crippen molar-refractivity contribution in [1.82, 2.24) is 4.31 Å². The molecule has 2 aromatic carbocycles. The second-order valence-corrected chi connectivity index (χ2v) is 7.72. The SMILES string of the molecule is COc1ccc(S(=O)(=O)N2CC(c3ccccc3)OCC2C)cc1. The lowest BCUT2D eigenvalue weighted by Crippen LogP contribution is -2.48. The van der Waals surface area contributed by atoms with Crippen LogP contribution in [-0.4, -0.2) is 39.0 Å². The maximum atomic E-state index is 13.0. The lowest BCUT2D eigenvalue weighted by Gasteiger charge is -2.37. The molecule has 1 aliphatic heterocycles. The first-order chi connectivity index (χ1) is 11.5. The smallest absolute Gasteiger partial charge is 0.243 e. The summed E-state index contributed by atoms with van der Waals surface area (Å²) < 4.78 is 38.5. The van der Waals surface area contributed by atoms with E-state index in [9.17, 15) is 8.42 Å². The fraction of sp³-hybridized carbons (Fsp3) is 0.333. The van der Waals surface area contributed by atoms with E-state index < -0.39 is 10.0 Å². The largest absolute Gasteiger partial charge is 0.497 e. The average molecular weight is 347 g/mol. The highest BCUT2D eigenvalue weighted by Crippen LogP contribution is 2.29. The summed E-state index contributed by atoms with van der Waals surface area (Å²) in [6.07, 6.45) is -0.254. The third kappa shape index (κ3) is 3.31. The van der Waals surface area contributed by atoms with Crippen LogP contribution in [0, 0.1) is 0 Å². The lowest BCUT2D eigenvalue weighted by molar-refractivity contribution is -0.0288. The molecular formula is C18H21NO4S. The predicted octanol–water partition coefficient (Wildman–Crippen LogP) is 2.85. The summed E-state index contributed by atoms with van der Waals surface area (Å²) in [6.45, 7) is 2.54. The maximum absolute atomic E-state index is 13.0. The van der Waals surface area contributed by atoms with Gasteiger partial charge in [-0.2, -0.15) is 4.31 Å². The van der Waals surface area contributed by atoms with Crippen molar-refractivity contribution in [3.8, 4) is 5.75 Å². The standard InChI is InChI=1S/C18H21NO4S/c1-14-13-23-18(15-6-4-3-5-7-15)12-19(14)24(20,21)17-10-8-16(22-2)9-11-17/h3-11,14,18H,12-13H2,1-2H3. The van der Waals surface area contributed by atoms with Gasteiger partial charge in [0, 0.05) is 12.6 Å². The molecule has 24 heavy (non-hydrogen) atoms. The zero-order valence-electron chi connectivity index (χ0n) is 13.8. The number of nitrogens with zero attached hydrogens (tertiary/aromatic N) is 1. The van der Waals surface area contributed by atoms with Crippen LogP contribution in [0.1, 0.15) is 18.6 Å². The van der Waals surface area contributed by atoms with E-state index in [0.717, 1.165) is 5.56 Å². The molecule has 2 atom stereocenters. The summed E-state index contributed by atoms with van der Waals surface area (Å²) >= 11 is 0. The summed E-state index contributed by atoms with van der Waals surface area (Å²) in [5.41, 5.74) is 0.985. The first-order valence-electron chi connectivity index (χ1n) is 7.85. The number of ether oxygens (including phenoxy) is 2. The Balaban J connectivity index is 1.87. The van der Waals surface area contributed by atoms with Gasteiger partial charge in [0.2, 0.25) is 10.0 Å². The Hall–Kier alpha value is -1.89. The summed E-state index contributed by atoms with van der Waals surface area (Å²) in [4.78, 5) is 0.267. The molecule has 5 nitrogen and oxygen atoms in total. The van der Waals surface area contributed by atoms with Crippen molar-refractivity contribution in [2.24, 2.45) is 0 Å². The van der Waals surface area contributed by atoms with E-state index in [0.29, 0.717) is 18.9 Å². The minimum Gasteiger partial charge on any atom is -0.497 e. The van der Waals surface area contributed by atoms with Crippen molar-refractivity contribution >= 4 is 10.0 Å². The van der Waals surface area contributed by atoms with Gasteiger partial charge in [0.15, 0.2) is 0 Å². The zero-order valence-corrected chi connectivity index (χ0v) is 14.6. The molecule has 0 aromatic heterocycles. The lowest BCUT2D eigenvalue weighted by atomic mass is 10.1. The summed E-state index contributed by atoms with van der Waals surface area (Å²) in [6, 6.07) is 16.0. The van der Waals surface area contributed by atoms with E-state index in [1.807, 2.05) is 37.3 Å². The second-order valence-electron chi connectivity index (χ2n) is 5.83. The van der Waals surface area contributed by atoms with Gasteiger partial charge < -0.3 is 9.47 Å². The van der Waals surface area contributed by atoms with Gasteiger partial charge in [-0.1, -0.05) is 30.3 Å². The third-order valence-corrected chi connectivity index (χ3v) is 6.21. The van der Waals surface area contributed by atoms with Crippen LogP contribution < -0.4 is 4.74 Å². The van der Waals surface area contributed by atoms with Crippen LogP contribution in [0.3, 0.4) is 0 Å². The molecular weight excluding hydrogens is 326 g/mol. The van der Waals surface area contributed by atoms with Gasteiger partial charge in [-0.25, -0.2) is 8.42 Å². The van der Waals surface area contributed by atoms with E-state index in [1.165, 1.54) is 4.31 Å². The molecule has 1 fully saturated rings. The Kier molecular flexibility index (Phi) is 4.89. The highest BCUT2D eigenvalue weighted by Gasteiger charge is 2.36. The van der Waals surface area contributed by atoms with Crippen LogP contribution in [0.4, 0.5) is 0 Å². The molecule has 1 saturated heterocycles.